The lowest BCUT2D eigenvalue weighted by atomic mass is 9.93. The minimum Gasteiger partial charge on any atom is -0.397 e. The third-order valence-electron chi connectivity index (χ3n) is 2.65. The first kappa shape index (κ1) is 9.71. The molecular weight excluding hydrogens is 184 g/mol. The first-order chi connectivity index (χ1) is 7.29. The lowest BCUT2D eigenvalue weighted by molar-refractivity contribution is 0.921. The second-order valence-corrected chi connectivity index (χ2v) is 3.64. The van der Waals surface area contributed by atoms with Crippen molar-refractivity contribution in [3.05, 3.63) is 59.9 Å². The Morgan fingerprint density at radius 1 is 1.13 bits per heavy atom. The molecule has 0 fully saturated rings. The zero-order valence-electron chi connectivity index (χ0n) is 8.72. The van der Waals surface area contributed by atoms with Gasteiger partial charge < -0.3 is 5.73 Å². The fourth-order valence-corrected chi connectivity index (χ4v) is 1.73. The smallest absolute Gasteiger partial charge is 0.0539 e. The first-order valence-electron chi connectivity index (χ1n) is 5.03. The lowest BCUT2D eigenvalue weighted by Crippen LogP contribution is -2.01. The zero-order chi connectivity index (χ0) is 10.7. The van der Waals surface area contributed by atoms with E-state index < -0.39 is 0 Å². The van der Waals surface area contributed by atoms with Crippen LogP contribution in [0.4, 0.5) is 5.69 Å². The average molecular weight is 198 g/mol. The molecule has 0 radical (unpaired) electrons. The van der Waals surface area contributed by atoms with Gasteiger partial charge in [-0.2, -0.15) is 0 Å². The molecule has 0 amide bonds. The van der Waals surface area contributed by atoms with Crippen LogP contribution in [-0.4, -0.2) is 4.98 Å². The average Bonchev–Trinajstić information content (AvgIpc) is 2.30. The fraction of sp³-hybridized carbons (Fsp3) is 0.154. The molecule has 2 aromatic rings. The van der Waals surface area contributed by atoms with Crippen LogP contribution in [0.2, 0.25) is 0 Å². The number of rotatable bonds is 2. The number of hydrogen-bond donors (Lipinski definition) is 1. The van der Waals surface area contributed by atoms with Crippen molar-refractivity contribution in [1.29, 1.82) is 0 Å². The molecule has 2 N–H and O–H groups in total. The minimum atomic E-state index is 0.314. The predicted molar refractivity (Wildman–Crippen MR) is 62.6 cm³/mol. The lowest BCUT2D eigenvalue weighted by Gasteiger charge is -2.13. The first-order valence-corrected chi connectivity index (χ1v) is 5.03. The van der Waals surface area contributed by atoms with E-state index in [9.17, 15) is 0 Å². The van der Waals surface area contributed by atoms with E-state index in [2.05, 4.69) is 24.0 Å². The number of aromatic nitrogens is 1. The number of benzene rings is 1. The van der Waals surface area contributed by atoms with Crippen LogP contribution in [-0.2, 0) is 0 Å². The number of nitrogen functional groups attached to an aromatic ring is 1. The maximum atomic E-state index is 5.90. The van der Waals surface area contributed by atoms with Gasteiger partial charge in [0.05, 0.1) is 11.9 Å². The second kappa shape index (κ2) is 4.13. The van der Waals surface area contributed by atoms with E-state index in [-0.39, 0.29) is 0 Å². The van der Waals surface area contributed by atoms with Crippen molar-refractivity contribution in [2.75, 3.05) is 5.73 Å². The summed E-state index contributed by atoms with van der Waals surface area (Å²) in [4.78, 5) is 4.00. The summed E-state index contributed by atoms with van der Waals surface area (Å²) in [6.45, 7) is 2.15. The second-order valence-electron chi connectivity index (χ2n) is 3.64. The third-order valence-corrected chi connectivity index (χ3v) is 2.65. The molecule has 76 valence electrons. The van der Waals surface area contributed by atoms with Crippen LogP contribution in [0.15, 0.2) is 48.8 Å². The van der Waals surface area contributed by atoms with E-state index in [1.54, 1.807) is 12.4 Å². The third kappa shape index (κ3) is 1.99. The summed E-state index contributed by atoms with van der Waals surface area (Å²) in [6, 6.07) is 12.3. The number of pyridine rings is 1. The molecule has 0 spiro atoms. The number of nitrogens with two attached hydrogens (primary N) is 1. The van der Waals surface area contributed by atoms with Crippen LogP contribution in [0.3, 0.4) is 0 Å². The van der Waals surface area contributed by atoms with E-state index in [1.807, 2.05) is 24.3 Å². The summed E-state index contributed by atoms with van der Waals surface area (Å²) in [5.74, 6) is 0.314. The Balaban J connectivity index is 2.37. The van der Waals surface area contributed by atoms with Gasteiger partial charge in [0, 0.05) is 12.1 Å². The van der Waals surface area contributed by atoms with Gasteiger partial charge in [-0.25, -0.2) is 0 Å². The molecule has 15 heavy (non-hydrogen) atoms. The van der Waals surface area contributed by atoms with Crippen molar-refractivity contribution in [1.82, 2.24) is 4.98 Å². The molecule has 2 heteroatoms. The van der Waals surface area contributed by atoms with E-state index >= 15 is 0 Å². The van der Waals surface area contributed by atoms with E-state index in [4.69, 9.17) is 5.73 Å². The Kier molecular flexibility index (Phi) is 2.68. The molecule has 1 aromatic carbocycles. The molecule has 0 aliphatic heterocycles. The highest BCUT2D eigenvalue weighted by Crippen LogP contribution is 2.27. The molecule has 1 unspecified atom stereocenters. The quantitative estimate of drug-likeness (QED) is 0.805. The van der Waals surface area contributed by atoms with Gasteiger partial charge in [-0.05, 0) is 17.2 Å². The van der Waals surface area contributed by atoms with Crippen molar-refractivity contribution >= 4 is 5.69 Å². The molecule has 0 aliphatic rings. The van der Waals surface area contributed by atoms with Crippen molar-refractivity contribution < 1.29 is 0 Å². The summed E-state index contributed by atoms with van der Waals surface area (Å²) < 4.78 is 0. The predicted octanol–water partition coefficient (Wildman–Crippen LogP) is 2.82. The SMILES string of the molecule is CC(c1ccccc1)c1ccncc1N. The van der Waals surface area contributed by atoms with Gasteiger partial charge in [-0.15, -0.1) is 0 Å². The molecule has 0 aliphatic carbocycles. The maximum Gasteiger partial charge on any atom is 0.0539 e. The van der Waals surface area contributed by atoms with Gasteiger partial charge in [0.15, 0.2) is 0 Å². The monoisotopic (exact) mass is 198 g/mol. The highest BCUT2D eigenvalue weighted by molar-refractivity contribution is 5.49. The summed E-state index contributed by atoms with van der Waals surface area (Å²) >= 11 is 0. The fourth-order valence-electron chi connectivity index (χ4n) is 1.73. The van der Waals surface area contributed by atoms with Crippen LogP contribution >= 0.6 is 0 Å². The maximum absolute atomic E-state index is 5.90. The van der Waals surface area contributed by atoms with Gasteiger partial charge in [0.1, 0.15) is 0 Å². The molecule has 1 heterocycles. The van der Waals surface area contributed by atoms with Gasteiger partial charge in [0.2, 0.25) is 0 Å². The highest BCUT2D eigenvalue weighted by Gasteiger charge is 2.10. The molecule has 0 saturated heterocycles. The van der Waals surface area contributed by atoms with E-state index in [0.29, 0.717) is 5.92 Å². The normalized spacial score (nSPS) is 12.3. The number of anilines is 1. The topological polar surface area (TPSA) is 38.9 Å². The van der Waals surface area contributed by atoms with Crippen LogP contribution in [0.1, 0.15) is 24.0 Å². The van der Waals surface area contributed by atoms with Crippen molar-refractivity contribution in [2.45, 2.75) is 12.8 Å². The molecule has 0 bridgehead atoms. The molecule has 0 saturated carbocycles. The zero-order valence-corrected chi connectivity index (χ0v) is 8.72. The number of nitrogens with zero attached hydrogens (tertiary/aromatic N) is 1. The number of hydrogen-bond acceptors (Lipinski definition) is 2. The van der Waals surface area contributed by atoms with E-state index in [1.165, 1.54) is 5.56 Å². The van der Waals surface area contributed by atoms with Crippen LogP contribution in [0.25, 0.3) is 0 Å². The Morgan fingerprint density at radius 3 is 2.53 bits per heavy atom. The Morgan fingerprint density at radius 2 is 1.87 bits per heavy atom. The van der Waals surface area contributed by atoms with Gasteiger partial charge in [-0.3, -0.25) is 4.98 Å². The van der Waals surface area contributed by atoms with Gasteiger partial charge in [0.25, 0.3) is 0 Å². The van der Waals surface area contributed by atoms with Gasteiger partial charge in [-0.1, -0.05) is 37.3 Å². The van der Waals surface area contributed by atoms with Crippen molar-refractivity contribution in [3.63, 3.8) is 0 Å². The standard InChI is InChI=1S/C13H14N2/c1-10(11-5-3-2-4-6-11)12-7-8-15-9-13(12)14/h2-10H,14H2,1H3. The molecule has 1 atom stereocenters. The molecule has 2 rings (SSSR count). The van der Waals surface area contributed by atoms with Crippen LogP contribution in [0, 0.1) is 0 Å². The largest absolute Gasteiger partial charge is 0.397 e. The Hall–Kier alpha value is -1.83. The highest BCUT2D eigenvalue weighted by atomic mass is 14.7. The van der Waals surface area contributed by atoms with Gasteiger partial charge >= 0.3 is 0 Å². The minimum absolute atomic E-state index is 0.314. The summed E-state index contributed by atoms with van der Waals surface area (Å²) in [7, 11) is 0. The molecule has 2 nitrogen and oxygen atoms in total. The molecule has 1 aromatic heterocycles. The molecular formula is C13H14N2. The summed E-state index contributed by atoms with van der Waals surface area (Å²) in [5, 5.41) is 0. The van der Waals surface area contributed by atoms with Crippen molar-refractivity contribution in [2.24, 2.45) is 0 Å². The van der Waals surface area contributed by atoms with E-state index in [0.717, 1.165) is 11.3 Å². The Labute approximate surface area is 89.8 Å². The van der Waals surface area contributed by atoms with Crippen LogP contribution < -0.4 is 5.73 Å². The summed E-state index contributed by atoms with van der Waals surface area (Å²) in [5.41, 5.74) is 9.06. The van der Waals surface area contributed by atoms with Crippen LogP contribution in [0.5, 0.6) is 0 Å². The summed E-state index contributed by atoms with van der Waals surface area (Å²) in [6.07, 6.45) is 3.49. The van der Waals surface area contributed by atoms with Crippen molar-refractivity contribution in [3.8, 4) is 0 Å². The Bertz CT molecular complexity index is 437.